The maximum atomic E-state index is 13.2. The molecule has 2 aliphatic rings. The Morgan fingerprint density at radius 1 is 1.17 bits per heavy atom. The van der Waals surface area contributed by atoms with Gasteiger partial charge in [-0.15, -0.1) is 11.6 Å². The van der Waals surface area contributed by atoms with Crippen LogP contribution in [0.1, 0.15) is 46.1 Å². The minimum Gasteiger partial charge on any atom is -0.490 e. The lowest BCUT2D eigenvalue weighted by Crippen LogP contribution is -2.48. The molecule has 1 saturated heterocycles. The first kappa shape index (κ1) is 22.4. The van der Waals surface area contributed by atoms with Gasteiger partial charge in [0.15, 0.2) is 11.5 Å². The number of alkyl halides is 1. The quantitative estimate of drug-likeness (QED) is 0.616. The molecule has 1 fully saturated rings. The minimum atomic E-state index is -0.750. The second-order valence-corrected chi connectivity index (χ2v) is 8.26. The molecule has 0 radical (unpaired) electrons. The predicted octanol–water partition coefficient (Wildman–Crippen LogP) is 3.29. The van der Waals surface area contributed by atoms with Crippen LogP contribution in [0.15, 0.2) is 23.3 Å². The Bertz CT molecular complexity index is 832. The van der Waals surface area contributed by atoms with E-state index in [1.165, 1.54) is 0 Å². The maximum Gasteiger partial charge on any atom is 0.254 e. The van der Waals surface area contributed by atoms with Crippen molar-refractivity contribution in [3.05, 3.63) is 23.8 Å². The van der Waals surface area contributed by atoms with Gasteiger partial charge in [0.1, 0.15) is 5.88 Å². The van der Waals surface area contributed by atoms with E-state index in [0.29, 0.717) is 50.6 Å². The number of benzene rings is 1. The molecule has 1 aromatic rings. The van der Waals surface area contributed by atoms with E-state index >= 15 is 0 Å². The fraction of sp³-hybridized carbons (Fsp3) is 0.591. The molecule has 0 spiro atoms. The van der Waals surface area contributed by atoms with Gasteiger partial charge in [0, 0.05) is 18.7 Å². The Balaban J connectivity index is 1.85. The van der Waals surface area contributed by atoms with Crippen LogP contribution in [-0.2, 0) is 9.59 Å². The summed E-state index contributed by atoms with van der Waals surface area (Å²) in [6, 6.07) is 5.66. The van der Waals surface area contributed by atoms with E-state index in [1.54, 1.807) is 9.91 Å². The molecule has 7 nitrogen and oxygen atoms in total. The summed E-state index contributed by atoms with van der Waals surface area (Å²) in [5, 5.41) is 6.38. The van der Waals surface area contributed by atoms with Gasteiger partial charge < -0.3 is 14.4 Å². The summed E-state index contributed by atoms with van der Waals surface area (Å²) < 4.78 is 11.4. The van der Waals surface area contributed by atoms with Crippen molar-refractivity contribution in [2.45, 2.75) is 46.6 Å². The van der Waals surface area contributed by atoms with Crippen molar-refractivity contribution in [3.8, 4) is 11.5 Å². The topological polar surface area (TPSA) is 71.4 Å². The lowest BCUT2D eigenvalue weighted by molar-refractivity contribution is -0.139. The smallest absolute Gasteiger partial charge is 0.254 e. The van der Waals surface area contributed by atoms with Gasteiger partial charge in [-0.25, -0.2) is 5.01 Å². The molecule has 0 unspecified atom stereocenters. The van der Waals surface area contributed by atoms with Crippen LogP contribution in [0, 0.1) is 5.41 Å². The first-order chi connectivity index (χ1) is 14.3. The van der Waals surface area contributed by atoms with Crippen LogP contribution in [0.3, 0.4) is 0 Å². The Morgan fingerprint density at radius 2 is 1.80 bits per heavy atom. The molecule has 8 heteroatoms. The van der Waals surface area contributed by atoms with Crippen LogP contribution >= 0.6 is 11.6 Å². The number of piperidine rings is 1. The van der Waals surface area contributed by atoms with E-state index < -0.39 is 5.41 Å². The highest BCUT2D eigenvalue weighted by Crippen LogP contribution is 2.37. The van der Waals surface area contributed by atoms with Crippen molar-refractivity contribution < 1.29 is 19.1 Å². The van der Waals surface area contributed by atoms with Gasteiger partial charge in [0.2, 0.25) is 5.91 Å². The molecular weight excluding hydrogens is 406 g/mol. The summed E-state index contributed by atoms with van der Waals surface area (Å²) >= 11 is 5.67. The highest BCUT2D eigenvalue weighted by molar-refractivity contribution is 6.27. The Kier molecular flexibility index (Phi) is 6.91. The van der Waals surface area contributed by atoms with Gasteiger partial charge >= 0.3 is 0 Å². The molecule has 0 aliphatic carbocycles. The number of hydrogen-bond acceptors (Lipinski definition) is 5. The highest BCUT2D eigenvalue weighted by Gasteiger charge is 2.46. The third kappa shape index (κ3) is 4.26. The molecule has 1 aromatic carbocycles. The molecule has 2 amide bonds. The number of rotatable bonds is 7. The van der Waals surface area contributed by atoms with Crippen LogP contribution in [0.25, 0.3) is 0 Å². The van der Waals surface area contributed by atoms with Gasteiger partial charge in [-0.3, -0.25) is 9.59 Å². The van der Waals surface area contributed by atoms with Crippen molar-refractivity contribution in [1.82, 2.24) is 9.91 Å². The van der Waals surface area contributed by atoms with Crippen molar-refractivity contribution >= 4 is 29.1 Å². The first-order valence-electron chi connectivity index (χ1n) is 10.5. The largest absolute Gasteiger partial charge is 0.490 e. The fourth-order valence-electron chi connectivity index (χ4n) is 3.97. The molecular formula is C22H30ClN3O4. The average molecular weight is 436 g/mol. The third-order valence-corrected chi connectivity index (χ3v) is 5.87. The Hall–Kier alpha value is -2.28. The lowest BCUT2D eigenvalue weighted by atomic mass is 9.83. The van der Waals surface area contributed by atoms with E-state index in [2.05, 4.69) is 0 Å². The summed E-state index contributed by atoms with van der Waals surface area (Å²) in [4.78, 5) is 26.8. The van der Waals surface area contributed by atoms with E-state index in [-0.39, 0.29) is 23.7 Å². The number of amides is 2. The van der Waals surface area contributed by atoms with E-state index in [0.717, 1.165) is 11.3 Å². The van der Waals surface area contributed by atoms with Crippen molar-refractivity contribution in [2.24, 2.45) is 10.5 Å². The van der Waals surface area contributed by atoms with Crippen molar-refractivity contribution in [1.29, 1.82) is 0 Å². The summed E-state index contributed by atoms with van der Waals surface area (Å²) in [6.45, 7) is 9.88. The van der Waals surface area contributed by atoms with Crippen LogP contribution in [0.4, 0.5) is 0 Å². The number of halogens is 1. The number of nitrogens with zero attached hydrogens (tertiary/aromatic N) is 3. The average Bonchev–Trinajstić information content (AvgIpc) is 2.98. The van der Waals surface area contributed by atoms with E-state index in [9.17, 15) is 9.59 Å². The molecule has 2 heterocycles. The van der Waals surface area contributed by atoms with E-state index in [4.69, 9.17) is 26.2 Å². The summed E-state index contributed by atoms with van der Waals surface area (Å²) in [6.07, 6.45) is 1.38. The molecule has 0 saturated carbocycles. The molecule has 0 atom stereocenters. The molecule has 0 bridgehead atoms. The number of carbonyl (C=O) groups excluding carboxylic acids is 2. The van der Waals surface area contributed by atoms with Gasteiger partial charge in [0.05, 0.1) is 30.4 Å². The molecule has 3 rings (SSSR count). The third-order valence-electron chi connectivity index (χ3n) is 5.64. The molecule has 164 valence electrons. The monoisotopic (exact) mass is 435 g/mol. The number of likely N-dealkylation sites (tertiary alicyclic amines) is 1. The van der Waals surface area contributed by atoms with Crippen LogP contribution in [-0.4, -0.2) is 65.7 Å². The van der Waals surface area contributed by atoms with Crippen molar-refractivity contribution in [2.75, 3.05) is 32.2 Å². The number of hydrogen-bond donors (Lipinski definition) is 0. The second-order valence-electron chi connectivity index (χ2n) is 8.00. The second kappa shape index (κ2) is 9.25. The standard InChI is InChI=1S/C22H30ClN3O4/c1-5-29-17-8-7-15(13-18(17)30-6-2)20-22(3,4)21(28)26(24-20)16-9-11-25(12-10-16)19(27)14-23/h7-8,13,16H,5-6,9-12,14H2,1-4H3. The zero-order chi connectivity index (χ0) is 21.9. The highest BCUT2D eigenvalue weighted by atomic mass is 35.5. The lowest BCUT2D eigenvalue weighted by Gasteiger charge is -2.35. The van der Waals surface area contributed by atoms with Gasteiger partial charge in [-0.05, 0) is 58.7 Å². The van der Waals surface area contributed by atoms with Gasteiger partial charge in [-0.2, -0.15) is 5.10 Å². The Morgan fingerprint density at radius 3 is 2.40 bits per heavy atom. The Labute approximate surface area is 182 Å². The minimum absolute atomic E-state index is 0.0114. The van der Waals surface area contributed by atoms with Gasteiger partial charge in [0.25, 0.3) is 5.91 Å². The number of hydrazone groups is 1. The fourth-order valence-corrected chi connectivity index (χ4v) is 4.14. The summed E-state index contributed by atoms with van der Waals surface area (Å²) in [7, 11) is 0. The number of ether oxygens (including phenoxy) is 2. The van der Waals surface area contributed by atoms with Gasteiger partial charge in [-0.1, -0.05) is 0 Å². The SMILES string of the molecule is CCOc1ccc(C2=NN(C3CCN(C(=O)CCl)CC3)C(=O)C2(C)C)cc1OCC. The molecule has 2 aliphatic heterocycles. The first-order valence-corrected chi connectivity index (χ1v) is 11.0. The van der Waals surface area contributed by atoms with Crippen LogP contribution < -0.4 is 9.47 Å². The van der Waals surface area contributed by atoms with Crippen LogP contribution in [0.2, 0.25) is 0 Å². The molecule has 0 N–H and O–H groups in total. The zero-order valence-corrected chi connectivity index (χ0v) is 18.9. The number of carbonyl (C=O) groups is 2. The molecule has 0 aromatic heterocycles. The van der Waals surface area contributed by atoms with Crippen LogP contribution in [0.5, 0.6) is 11.5 Å². The normalized spacial score (nSPS) is 19.1. The summed E-state index contributed by atoms with van der Waals surface area (Å²) in [5.41, 5.74) is 0.813. The predicted molar refractivity (Wildman–Crippen MR) is 116 cm³/mol. The van der Waals surface area contributed by atoms with Crippen molar-refractivity contribution in [3.63, 3.8) is 0 Å². The zero-order valence-electron chi connectivity index (χ0n) is 18.1. The van der Waals surface area contributed by atoms with E-state index in [1.807, 2.05) is 45.9 Å². The summed E-state index contributed by atoms with van der Waals surface area (Å²) in [5.74, 6) is 1.23. The molecule has 30 heavy (non-hydrogen) atoms. The maximum absolute atomic E-state index is 13.2.